The molecule has 2 N–H and O–H groups in total. The fourth-order valence-corrected chi connectivity index (χ4v) is 4.38. The fraction of sp³-hybridized carbons (Fsp3) is 0.320. The number of alkyl halides is 3. The SMILES string of the molecule is [B]c1cnc2nc(-c3ccc(OCCO)cc3)[nH]c2c1N1CCN(Cc2ccc(C(F)(F)F)nc2)CC1. The molecule has 0 saturated carbocycles. The molecular weight excluding hydrogens is 484 g/mol. The van der Waals surface area contributed by atoms with Gasteiger partial charge in [-0.3, -0.25) is 9.88 Å². The first kappa shape index (κ1) is 25.0. The molecule has 4 heterocycles. The normalized spacial score (nSPS) is 14.9. The summed E-state index contributed by atoms with van der Waals surface area (Å²) in [5.41, 5.74) is 3.38. The minimum absolute atomic E-state index is 0.0539. The number of aromatic amines is 1. The first-order chi connectivity index (χ1) is 17.8. The monoisotopic (exact) mass is 508 g/mol. The van der Waals surface area contributed by atoms with Gasteiger partial charge in [0.15, 0.2) is 5.65 Å². The van der Waals surface area contributed by atoms with Crippen molar-refractivity contribution < 1.29 is 23.0 Å². The largest absolute Gasteiger partial charge is 0.491 e. The van der Waals surface area contributed by atoms with Gasteiger partial charge < -0.3 is 19.7 Å². The lowest BCUT2D eigenvalue weighted by molar-refractivity contribution is -0.141. The van der Waals surface area contributed by atoms with Crippen molar-refractivity contribution in [3.63, 3.8) is 0 Å². The fourth-order valence-electron chi connectivity index (χ4n) is 4.38. The summed E-state index contributed by atoms with van der Waals surface area (Å²) in [6.07, 6.45) is -1.55. The van der Waals surface area contributed by atoms with Gasteiger partial charge in [0, 0.05) is 50.7 Å². The van der Waals surface area contributed by atoms with Crippen LogP contribution in [0.1, 0.15) is 11.3 Å². The Hall–Kier alpha value is -3.64. The molecule has 4 aromatic rings. The topological polar surface area (TPSA) is 90.4 Å². The van der Waals surface area contributed by atoms with Crippen molar-refractivity contribution in [2.24, 2.45) is 0 Å². The number of aliphatic hydroxyl groups excluding tert-OH is 1. The first-order valence-electron chi connectivity index (χ1n) is 11.8. The van der Waals surface area contributed by atoms with E-state index in [2.05, 4.69) is 29.7 Å². The zero-order chi connectivity index (χ0) is 26.0. The Morgan fingerprint density at radius 3 is 2.41 bits per heavy atom. The lowest BCUT2D eigenvalue weighted by atomic mass is 9.95. The lowest BCUT2D eigenvalue weighted by Gasteiger charge is -2.37. The summed E-state index contributed by atoms with van der Waals surface area (Å²) in [6, 6.07) is 9.87. The van der Waals surface area contributed by atoms with Gasteiger partial charge in [-0.15, -0.1) is 0 Å². The molecule has 37 heavy (non-hydrogen) atoms. The van der Waals surface area contributed by atoms with E-state index in [0.29, 0.717) is 55.4 Å². The number of hydrogen-bond acceptors (Lipinski definition) is 7. The van der Waals surface area contributed by atoms with Gasteiger partial charge in [-0.2, -0.15) is 13.2 Å². The predicted octanol–water partition coefficient (Wildman–Crippen LogP) is 2.53. The Labute approximate surface area is 212 Å². The number of fused-ring (bicyclic) bond motifs is 1. The average molecular weight is 508 g/mol. The van der Waals surface area contributed by atoms with Gasteiger partial charge >= 0.3 is 6.18 Å². The highest BCUT2D eigenvalue weighted by molar-refractivity contribution is 6.37. The minimum Gasteiger partial charge on any atom is -0.491 e. The number of aliphatic hydroxyl groups is 1. The number of H-pyrrole nitrogens is 1. The third-order valence-electron chi connectivity index (χ3n) is 6.22. The van der Waals surface area contributed by atoms with Crippen molar-refractivity contribution in [3.8, 4) is 17.1 Å². The average Bonchev–Trinajstić information content (AvgIpc) is 3.32. The molecule has 190 valence electrons. The second kappa shape index (κ2) is 10.4. The van der Waals surface area contributed by atoms with Crippen LogP contribution in [-0.2, 0) is 12.7 Å². The maximum Gasteiger partial charge on any atom is 0.433 e. The zero-order valence-electron chi connectivity index (χ0n) is 19.9. The molecule has 3 aromatic heterocycles. The van der Waals surface area contributed by atoms with E-state index < -0.39 is 11.9 Å². The number of hydrogen-bond donors (Lipinski definition) is 2. The Bertz CT molecular complexity index is 1350. The second-order valence-electron chi connectivity index (χ2n) is 8.76. The number of aromatic nitrogens is 4. The highest BCUT2D eigenvalue weighted by Crippen LogP contribution is 2.29. The van der Waals surface area contributed by atoms with E-state index in [0.717, 1.165) is 28.4 Å². The van der Waals surface area contributed by atoms with Crippen molar-refractivity contribution in [2.75, 3.05) is 44.3 Å². The summed E-state index contributed by atoms with van der Waals surface area (Å²) >= 11 is 0. The summed E-state index contributed by atoms with van der Waals surface area (Å²) in [6.45, 7) is 3.48. The maximum absolute atomic E-state index is 12.8. The van der Waals surface area contributed by atoms with Crippen LogP contribution >= 0.6 is 0 Å². The van der Waals surface area contributed by atoms with Crippen LogP contribution in [0.25, 0.3) is 22.6 Å². The number of anilines is 1. The quantitative estimate of drug-likeness (QED) is 0.371. The number of rotatable bonds is 7. The van der Waals surface area contributed by atoms with Crippen LogP contribution in [-0.4, -0.2) is 77.2 Å². The summed E-state index contributed by atoms with van der Waals surface area (Å²) in [4.78, 5) is 20.3. The van der Waals surface area contributed by atoms with E-state index in [4.69, 9.17) is 17.7 Å². The molecule has 0 bridgehead atoms. The van der Waals surface area contributed by atoms with Gasteiger partial charge in [0.05, 0.1) is 12.3 Å². The highest BCUT2D eigenvalue weighted by atomic mass is 19.4. The van der Waals surface area contributed by atoms with Gasteiger partial charge in [0.2, 0.25) is 0 Å². The molecule has 0 amide bonds. The third-order valence-corrected chi connectivity index (χ3v) is 6.22. The van der Waals surface area contributed by atoms with Gasteiger partial charge in [0.1, 0.15) is 37.2 Å². The number of benzene rings is 1. The van der Waals surface area contributed by atoms with Crippen molar-refractivity contribution in [1.82, 2.24) is 24.8 Å². The predicted molar refractivity (Wildman–Crippen MR) is 134 cm³/mol. The van der Waals surface area contributed by atoms with Crippen LogP contribution in [0.4, 0.5) is 18.9 Å². The van der Waals surface area contributed by atoms with E-state index in [1.54, 1.807) is 6.20 Å². The lowest BCUT2D eigenvalue weighted by Crippen LogP contribution is -2.47. The second-order valence-corrected chi connectivity index (χ2v) is 8.76. The smallest absolute Gasteiger partial charge is 0.433 e. The number of imidazole rings is 1. The molecule has 8 nitrogen and oxygen atoms in total. The van der Waals surface area contributed by atoms with E-state index in [1.165, 1.54) is 12.3 Å². The van der Waals surface area contributed by atoms with Crippen LogP contribution in [0.2, 0.25) is 0 Å². The van der Waals surface area contributed by atoms with Gasteiger partial charge in [-0.05, 0) is 35.9 Å². The molecule has 1 aliphatic rings. The number of nitrogens with one attached hydrogen (secondary N) is 1. The molecule has 0 unspecified atom stereocenters. The molecule has 0 spiro atoms. The van der Waals surface area contributed by atoms with Gasteiger partial charge in [-0.25, -0.2) is 9.97 Å². The van der Waals surface area contributed by atoms with E-state index in [1.807, 2.05) is 24.3 Å². The van der Waals surface area contributed by atoms with Crippen LogP contribution in [0.5, 0.6) is 5.75 Å². The van der Waals surface area contributed by atoms with Crippen molar-refractivity contribution in [1.29, 1.82) is 0 Å². The molecule has 0 aliphatic carbocycles. The van der Waals surface area contributed by atoms with Crippen LogP contribution in [0, 0.1) is 0 Å². The van der Waals surface area contributed by atoms with Gasteiger partial charge in [0.25, 0.3) is 0 Å². The number of nitrogens with zero attached hydrogens (tertiary/aromatic N) is 5. The van der Waals surface area contributed by atoms with Crippen LogP contribution in [0.3, 0.4) is 0 Å². The number of piperazine rings is 1. The molecule has 1 saturated heterocycles. The molecule has 12 heteroatoms. The molecule has 1 aromatic carbocycles. The third kappa shape index (κ3) is 5.54. The summed E-state index contributed by atoms with van der Waals surface area (Å²) in [7, 11) is 6.34. The molecule has 1 aliphatic heterocycles. The van der Waals surface area contributed by atoms with Crippen molar-refractivity contribution in [2.45, 2.75) is 12.7 Å². The van der Waals surface area contributed by atoms with E-state index >= 15 is 0 Å². The maximum atomic E-state index is 12.8. The summed E-state index contributed by atoms with van der Waals surface area (Å²) in [5.74, 6) is 1.30. The molecule has 5 rings (SSSR count). The number of halogens is 3. The molecule has 0 atom stereocenters. The van der Waals surface area contributed by atoms with Crippen molar-refractivity contribution in [3.05, 3.63) is 60.0 Å². The zero-order valence-corrected chi connectivity index (χ0v) is 19.9. The van der Waals surface area contributed by atoms with E-state index in [-0.39, 0.29) is 13.2 Å². The van der Waals surface area contributed by atoms with Crippen LogP contribution in [0.15, 0.2) is 48.8 Å². The standard InChI is InChI=1S/C25H24BF3N6O2/c26-19-14-31-24-21(32-23(33-24)17-2-4-18(5-3-17)37-12-11-36)22(19)35-9-7-34(8-10-35)15-16-1-6-20(30-13-16)25(27,28)29/h1-6,13-14,36H,7-12,15H2,(H,31,32,33). The Morgan fingerprint density at radius 2 is 1.76 bits per heavy atom. The molecule has 2 radical (unpaired) electrons. The van der Waals surface area contributed by atoms with E-state index in [9.17, 15) is 13.2 Å². The highest BCUT2D eigenvalue weighted by Gasteiger charge is 2.32. The Balaban J connectivity index is 1.29. The first-order valence-corrected chi connectivity index (χ1v) is 11.8. The summed E-state index contributed by atoms with van der Waals surface area (Å²) < 4.78 is 43.7. The Kier molecular flexibility index (Phi) is 7.03. The number of ether oxygens (including phenoxy) is 1. The molecular formula is C25H24BF3N6O2. The number of pyridine rings is 2. The Morgan fingerprint density at radius 1 is 1.00 bits per heavy atom. The molecule has 1 fully saturated rings. The summed E-state index contributed by atoms with van der Waals surface area (Å²) in [5, 5.41) is 8.91. The van der Waals surface area contributed by atoms with Gasteiger partial charge in [-0.1, -0.05) is 11.5 Å². The minimum atomic E-state index is -4.44. The van der Waals surface area contributed by atoms with Crippen LogP contribution < -0.4 is 15.1 Å². The van der Waals surface area contributed by atoms with Crippen molar-refractivity contribution >= 4 is 30.2 Å².